The van der Waals surface area contributed by atoms with Gasteiger partial charge in [0.15, 0.2) is 0 Å². The molecule has 2 heteroatoms. The van der Waals surface area contributed by atoms with Crippen LogP contribution in [0.15, 0.2) is 9.98 Å². The van der Waals surface area contributed by atoms with Gasteiger partial charge >= 0.3 is 0 Å². The van der Waals surface area contributed by atoms with Crippen molar-refractivity contribution >= 4 is 11.4 Å². The molecule has 1 aliphatic carbocycles. The third-order valence-electron chi connectivity index (χ3n) is 6.75. The number of hydrogen-bond donors (Lipinski definition) is 0. The third-order valence-corrected chi connectivity index (χ3v) is 6.75. The number of nitrogens with zero attached hydrogens (tertiary/aromatic N) is 2. The van der Waals surface area contributed by atoms with Gasteiger partial charge in [0.1, 0.15) is 0 Å². The second-order valence-electron chi connectivity index (χ2n) is 11.2. The fraction of sp³-hybridized carbons (Fsp3) is 0.929. The highest BCUT2D eigenvalue weighted by Crippen LogP contribution is 2.47. The van der Waals surface area contributed by atoms with E-state index in [0.717, 1.165) is 6.54 Å². The van der Waals surface area contributed by atoms with Gasteiger partial charge in [-0.25, -0.2) is 0 Å². The van der Waals surface area contributed by atoms with Crippen molar-refractivity contribution < 1.29 is 0 Å². The molecule has 1 fully saturated rings. The van der Waals surface area contributed by atoms with Crippen molar-refractivity contribution in [2.45, 2.75) is 151 Å². The average Bonchev–Trinajstić information content (AvgIpc) is 2.68. The zero-order valence-electron chi connectivity index (χ0n) is 21.8. The van der Waals surface area contributed by atoms with Gasteiger partial charge in [-0.2, -0.15) is 0 Å². The molecule has 1 saturated carbocycles. The maximum absolute atomic E-state index is 5.40. The fourth-order valence-corrected chi connectivity index (χ4v) is 5.41. The highest BCUT2D eigenvalue weighted by atomic mass is 14.8. The molecule has 2 unspecified atom stereocenters. The maximum Gasteiger partial charge on any atom is 0.0510 e. The molecule has 176 valence electrons. The molecule has 0 amide bonds. The number of rotatable bonds is 15. The first-order chi connectivity index (χ1) is 14.3. The molecule has 0 aromatic carbocycles. The Labute approximate surface area is 189 Å². The molecule has 0 bridgehead atoms. The van der Waals surface area contributed by atoms with Gasteiger partial charge in [-0.05, 0) is 81.5 Å². The Bertz CT molecular complexity index is 497. The predicted octanol–water partition coefficient (Wildman–Crippen LogP) is 9.21. The summed E-state index contributed by atoms with van der Waals surface area (Å²) in [6.07, 6.45) is 18.8. The molecule has 1 aliphatic rings. The predicted molar refractivity (Wildman–Crippen MR) is 137 cm³/mol. The van der Waals surface area contributed by atoms with E-state index >= 15 is 0 Å². The van der Waals surface area contributed by atoms with Crippen LogP contribution in [0.3, 0.4) is 0 Å². The van der Waals surface area contributed by atoms with Gasteiger partial charge in [0, 0.05) is 18.0 Å². The van der Waals surface area contributed by atoms with Crippen LogP contribution < -0.4 is 0 Å². The molecule has 2 atom stereocenters. The highest BCUT2D eigenvalue weighted by molar-refractivity contribution is 5.85. The lowest BCUT2D eigenvalue weighted by Gasteiger charge is -2.45. The number of hydrogen-bond acceptors (Lipinski definition) is 2. The Morgan fingerprint density at radius 1 is 0.700 bits per heavy atom. The van der Waals surface area contributed by atoms with Gasteiger partial charge in [-0.15, -0.1) is 0 Å². The SMILES string of the molecule is CCCCC(CCCC)=NCC1(C)CC(N=C(CCCC)CCCC)CC(C)(C)C1. The van der Waals surface area contributed by atoms with Crippen LogP contribution in [0.2, 0.25) is 0 Å². The van der Waals surface area contributed by atoms with Gasteiger partial charge in [0.05, 0.1) is 6.04 Å². The lowest BCUT2D eigenvalue weighted by atomic mass is 9.62. The standard InChI is InChI=1S/C28H54N2/c1-8-12-16-24(17-13-9-2)29-23-28(7)21-26(20-27(5,6)22-28)30-25(18-14-10-3)19-15-11-4/h26H,8-23H2,1-7H3. The van der Waals surface area contributed by atoms with Gasteiger partial charge in [0.25, 0.3) is 0 Å². The summed E-state index contributed by atoms with van der Waals surface area (Å²) in [7, 11) is 0. The second-order valence-corrected chi connectivity index (χ2v) is 11.2. The summed E-state index contributed by atoms with van der Waals surface area (Å²) in [5, 5.41) is 0. The van der Waals surface area contributed by atoms with Crippen LogP contribution in [-0.4, -0.2) is 24.0 Å². The van der Waals surface area contributed by atoms with Crippen LogP contribution in [0.5, 0.6) is 0 Å². The first kappa shape index (κ1) is 27.4. The summed E-state index contributed by atoms with van der Waals surface area (Å²) < 4.78 is 0. The first-order valence-electron chi connectivity index (χ1n) is 13.3. The van der Waals surface area contributed by atoms with E-state index in [9.17, 15) is 0 Å². The van der Waals surface area contributed by atoms with E-state index in [1.807, 2.05) is 0 Å². The van der Waals surface area contributed by atoms with Crippen molar-refractivity contribution in [2.24, 2.45) is 20.8 Å². The van der Waals surface area contributed by atoms with Crippen molar-refractivity contribution in [3.63, 3.8) is 0 Å². The highest BCUT2D eigenvalue weighted by Gasteiger charge is 2.41. The quantitative estimate of drug-likeness (QED) is 0.237. The van der Waals surface area contributed by atoms with E-state index in [1.54, 1.807) is 0 Å². The second kappa shape index (κ2) is 14.4. The van der Waals surface area contributed by atoms with Gasteiger partial charge in [-0.1, -0.05) is 74.1 Å². The van der Waals surface area contributed by atoms with Crippen molar-refractivity contribution in [2.75, 3.05) is 6.54 Å². The van der Waals surface area contributed by atoms with Gasteiger partial charge in [0.2, 0.25) is 0 Å². The zero-order valence-corrected chi connectivity index (χ0v) is 21.8. The topological polar surface area (TPSA) is 24.7 Å². The minimum atomic E-state index is 0.292. The molecule has 0 aromatic rings. The molecule has 0 radical (unpaired) electrons. The molecule has 2 nitrogen and oxygen atoms in total. The van der Waals surface area contributed by atoms with Crippen LogP contribution in [-0.2, 0) is 0 Å². The van der Waals surface area contributed by atoms with Crippen LogP contribution in [0.4, 0.5) is 0 Å². The smallest absolute Gasteiger partial charge is 0.0510 e. The van der Waals surface area contributed by atoms with E-state index in [1.165, 1.54) is 108 Å². The molecular formula is C28H54N2. The van der Waals surface area contributed by atoms with Crippen molar-refractivity contribution in [1.29, 1.82) is 0 Å². The molecule has 0 heterocycles. The van der Waals surface area contributed by atoms with Crippen LogP contribution in [0.1, 0.15) is 145 Å². The molecule has 0 N–H and O–H groups in total. The largest absolute Gasteiger partial charge is 0.294 e. The third kappa shape index (κ3) is 11.1. The van der Waals surface area contributed by atoms with Gasteiger partial charge in [-0.3, -0.25) is 9.98 Å². The van der Waals surface area contributed by atoms with Crippen LogP contribution >= 0.6 is 0 Å². The number of aliphatic imine (C=N–C) groups is 2. The Balaban J connectivity index is 2.93. The minimum Gasteiger partial charge on any atom is -0.294 e. The molecule has 1 rings (SSSR count). The van der Waals surface area contributed by atoms with Crippen LogP contribution in [0, 0.1) is 10.8 Å². The van der Waals surface area contributed by atoms with Crippen molar-refractivity contribution in [3.8, 4) is 0 Å². The molecule has 0 spiro atoms. The summed E-state index contributed by atoms with van der Waals surface area (Å²) in [4.78, 5) is 10.6. The summed E-state index contributed by atoms with van der Waals surface area (Å²) in [6.45, 7) is 17.6. The minimum absolute atomic E-state index is 0.292. The average molecular weight is 419 g/mol. The van der Waals surface area contributed by atoms with E-state index in [2.05, 4.69) is 48.5 Å². The lowest BCUT2D eigenvalue weighted by Crippen LogP contribution is -2.40. The first-order valence-corrected chi connectivity index (χ1v) is 13.3. The van der Waals surface area contributed by atoms with E-state index in [4.69, 9.17) is 9.98 Å². The Kier molecular flexibility index (Phi) is 13.1. The molecular weight excluding hydrogens is 364 g/mol. The fourth-order valence-electron chi connectivity index (χ4n) is 5.41. The summed E-state index contributed by atoms with van der Waals surface area (Å²) >= 11 is 0. The normalized spacial score (nSPS) is 23.2. The van der Waals surface area contributed by atoms with Crippen molar-refractivity contribution in [3.05, 3.63) is 0 Å². The molecule has 0 aliphatic heterocycles. The summed E-state index contributed by atoms with van der Waals surface area (Å²) in [5.74, 6) is 0. The lowest BCUT2D eigenvalue weighted by molar-refractivity contribution is 0.0913. The van der Waals surface area contributed by atoms with E-state index in [0.29, 0.717) is 16.9 Å². The Hall–Kier alpha value is -0.660. The molecule has 0 aromatic heterocycles. The zero-order chi connectivity index (χ0) is 22.5. The molecule has 30 heavy (non-hydrogen) atoms. The van der Waals surface area contributed by atoms with E-state index in [-0.39, 0.29) is 0 Å². The Morgan fingerprint density at radius 2 is 1.17 bits per heavy atom. The molecule has 0 saturated heterocycles. The number of unbranched alkanes of at least 4 members (excludes halogenated alkanes) is 4. The van der Waals surface area contributed by atoms with Crippen molar-refractivity contribution in [1.82, 2.24) is 0 Å². The Morgan fingerprint density at radius 3 is 1.63 bits per heavy atom. The van der Waals surface area contributed by atoms with E-state index < -0.39 is 0 Å². The monoisotopic (exact) mass is 418 g/mol. The maximum atomic E-state index is 5.40. The summed E-state index contributed by atoms with van der Waals surface area (Å²) in [6, 6.07) is 0.493. The summed E-state index contributed by atoms with van der Waals surface area (Å²) in [5.41, 5.74) is 3.64. The van der Waals surface area contributed by atoms with Gasteiger partial charge < -0.3 is 0 Å². The van der Waals surface area contributed by atoms with Crippen LogP contribution in [0.25, 0.3) is 0 Å².